The van der Waals surface area contributed by atoms with Crippen LogP contribution in [0.4, 0.5) is 0 Å². The maximum atomic E-state index is 12.4. The van der Waals surface area contributed by atoms with Gasteiger partial charge in [-0.15, -0.1) is 0 Å². The summed E-state index contributed by atoms with van der Waals surface area (Å²) in [4.78, 5) is 22.9. The van der Waals surface area contributed by atoms with Crippen LogP contribution >= 0.6 is 0 Å². The third kappa shape index (κ3) is 5.65. The number of nitrogens with one attached hydrogen (secondary N) is 1. The molecule has 1 fully saturated rings. The molecule has 0 heterocycles. The van der Waals surface area contributed by atoms with Gasteiger partial charge in [0.1, 0.15) is 6.04 Å². The van der Waals surface area contributed by atoms with Gasteiger partial charge >= 0.3 is 5.97 Å². The van der Waals surface area contributed by atoms with Gasteiger partial charge in [0.25, 0.3) is 0 Å². The van der Waals surface area contributed by atoms with Gasteiger partial charge < -0.3 is 10.4 Å². The molecule has 1 rings (SSSR count). The van der Waals surface area contributed by atoms with E-state index in [-0.39, 0.29) is 11.8 Å². The molecule has 0 unspecified atom stereocenters. The number of carboxylic acid groups (broad SMARTS) is 1. The number of amides is 1. The first-order valence-electron chi connectivity index (χ1n) is 7.56. The van der Waals surface area contributed by atoms with Crippen molar-refractivity contribution in [2.75, 3.05) is 5.75 Å². The van der Waals surface area contributed by atoms with E-state index in [1.54, 1.807) is 0 Å². The second kappa shape index (κ2) is 7.77. The second-order valence-electron chi connectivity index (χ2n) is 5.70. The van der Waals surface area contributed by atoms with Gasteiger partial charge in [-0.1, -0.05) is 26.7 Å². The minimum Gasteiger partial charge on any atom is -0.480 e. The summed E-state index contributed by atoms with van der Waals surface area (Å²) in [5.74, 6) is -2.30. The molecule has 0 aromatic carbocycles. The molecule has 6 nitrogen and oxygen atoms in total. The third-order valence-electron chi connectivity index (χ3n) is 3.69. The Morgan fingerprint density at radius 3 is 2.10 bits per heavy atom. The molecule has 7 heteroatoms. The zero-order chi connectivity index (χ0) is 16.0. The van der Waals surface area contributed by atoms with Gasteiger partial charge in [0.05, 0.1) is 11.0 Å². The Morgan fingerprint density at radius 1 is 1.19 bits per heavy atom. The van der Waals surface area contributed by atoms with Gasteiger partial charge in [-0.25, -0.2) is 13.2 Å². The monoisotopic (exact) mass is 319 g/mol. The first-order valence-corrected chi connectivity index (χ1v) is 9.28. The van der Waals surface area contributed by atoms with Crippen LogP contribution < -0.4 is 5.32 Å². The first kappa shape index (κ1) is 17.9. The molecule has 21 heavy (non-hydrogen) atoms. The summed E-state index contributed by atoms with van der Waals surface area (Å²) in [7, 11) is -3.54. The van der Waals surface area contributed by atoms with E-state index in [1.807, 2.05) is 13.8 Å². The van der Waals surface area contributed by atoms with Gasteiger partial charge in [-0.2, -0.15) is 0 Å². The van der Waals surface area contributed by atoms with Gasteiger partial charge in [0.15, 0.2) is 9.84 Å². The number of rotatable bonds is 10. The maximum absolute atomic E-state index is 12.4. The molecule has 0 aromatic rings. The average Bonchev–Trinajstić information content (AvgIpc) is 3.21. The van der Waals surface area contributed by atoms with Crippen LogP contribution in [0.1, 0.15) is 52.4 Å². The molecule has 1 atom stereocenters. The Hall–Kier alpha value is -1.11. The average molecular weight is 319 g/mol. The minimum atomic E-state index is -3.54. The first-order chi connectivity index (χ1) is 9.81. The number of hydrogen-bond donors (Lipinski definition) is 2. The van der Waals surface area contributed by atoms with Crippen LogP contribution in [0.25, 0.3) is 0 Å². The van der Waals surface area contributed by atoms with E-state index in [0.717, 1.165) is 25.7 Å². The second-order valence-corrected chi connectivity index (χ2v) is 8.03. The highest BCUT2D eigenvalue weighted by molar-refractivity contribution is 7.92. The Labute approximate surface area is 126 Å². The number of sulfone groups is 1. The summed E-state index contributed by atoms with van der Waals surface area (Å²) in [6.45, 7) is 3.81. The third-order valence-corrected chi connectivity index (χ3v) is 5.98. The topological polar surface area (TPSA) is 101 Å². The van der Waals surface area contributed by atoms with E-state index in [1.165, 1.54) is 0 Å². The molecule has 0 spiro atoms. The lowest BCUT2D eigenvalue weighted by atomic mass is 10.2. The van der Waals surface area contributed by atoms with E-state index in [9.17, 15) is 18.0 Å². The van der Waals surface area contributed by atoms with E-state index in [2.05, 4.69) is 5.32 Å². The fraction of sp³-hybridized carbons (Fsp3) is 0.857. The fourth-order valence-electron chi connectivity index (χ4n) is 2.33. The molecule has 0 radical (unpaired) electrons. The standard InChI is InChI=1S/C14H25NO5S/c1-3-5-11(6-4-2)21(19,20)9-12(14(17)18)15-13(16)10-7-8-10/h10-12H,3-9H2,1-2H3,(H,15,16)(H,17,18)/t12-/m1/s1. The largest absolute Gasteiger partial charge is 0.480 e. The van der Waals surface area contributed by atoms with Crippen molar-refractivity contribution in [3.63, 3.8) is 0 Å². The molecule has 0 bridgehead atoms. The maximum Gasteiger partial charge on any atom is 0.327 e. The smallest absolute Gasteiger partial charge is 0.327 e. The molecule has 122 valence electrons. The minimum absolute atomic E-state index is 0.142. The van der Waals surface area contributed by atoms with Crippen molar-refractivity contribution in [2.45, 2.75) is 63.7 Å². The summed E-state index contributed by atoms with van der Waals surface area (Å²) in [5, 5.41) is 11.0. The van der Waals surface area contributed by atoms with Crippen molar-refractivity contribution in [2.24, 2.45) is 5.92 Å². The number of carbonyl (C=O) groups excluding carboxylic acids is 1. The predicted octanol–water partition coefficient (Wildman–Crippen LogP) is 1.35. The molecule has 1 amide bonds. The van der Waals surface area contributed by atoms with E-state index in [4.69, 9.17) is 5.11 Å². The molecular weight excluding hydrogens is 294 g/mol. The molecule has 2 N–H and O–H groups in total. The summed E-state index contributed by atoms with van der Waals surface area (Å²) in [5.41, 5.74) is 0. The van der Waals surface area contributed by atoms with Crippen LogP contribution in [0.15, 0.2) is 0 Å². The quantitative estimate of drug-likeness (QED) is 0.633. The Bertz CT molecular complexity index is 464. The number of aliphatic carboxylic acids is 1. The number of carboxylic acids is 1. The number of carbonyl (C=O) groups is 2. The van der Waals surface area contributed by atoms with Crippen LogP contribution in [-0.4, -0.2) is 42.4 Å². The molecule has 1 aliphatic carbocycles. The van der Waals surface area contributed by atoms with E-state index >= 15 is 0 Å². The zero-order valence-corrected chi connectivity index (χ0v) is 13.5. The van der Waals surface area contributed by atoms with Gasteiger partial charge in [0.2, 0.25) is 5.91 Å². The zero-order valence-electron chi connectivity index (χ0n) is 12.7. The lowest BCUT2D eigenvalue weighted by Crippen LogP contribution is -2.47. The fourth-order valence-corrected chi connectivity index (χ4v) is 4.48. The summed E-state index contributed by atoms with van der Waals surface area (Å²) in [6, 6.07) is -1.35. The van der Waals surface area contributed by atoms with Crippen molar-refractivity contribution in [1.82, 2.24) is 5.32 Å². The van der Waals surface area contributed by atoms with E-state index < -0.39 is 32.9 Å². The van der Waals surface area contributed by atoms with Gasteiger partial charge in [0, 0.05) is 5.92 Å². The molecule has 0 aromatic heterocycles. The highest BCUT2D eigenvalue weighted by Gasteiger charge is 2.36. The highest BCUT2D eigenvalue weighted by atomic mass is 32.2. The Morgan fingerprint density at radius 2 is 1.71 bits per heavy atom. The van der Waals surface area contributed by atoms with Crippen molar-refractivity contribution >= 4 is 21.7 Å². The molecule has 0 aliphatic heterocycles. The lowest BCUT2D eigenvalue weighted by molar-refractivity contribution is -0.141. The van der Waals surface area contributed by atoms with Crippen molar-refractivity contribution in [3.05, 3.63) is 0 Å². The number of hydrogen-bond acceptors (Lipinski definition) is 4. The van der Waals surface area contributed by atoms with Gasteiger partial charge in [-0.3, -0.25) is 4.79 Å². The van der Waals surface area contributed by atoms with Crippen LogP contribution in [-0.2, 0) is 19.4 Å². The summed E-state index contributed by atoms with van der Waals surface area (Å²) >= 11 is 0. The van der Waals surface area contributed by atoms with Crippen LogP contribution in [0.2, 0.25) is 0 Å². The van der Waals surface area contributed by atoms with Crippen LogP contribution in [0, 0.1) is 5.92 Å². The van der Waals surface area contributed by atoms with Crippen LogP contribution in [0.3, 0.4) is 0 Å². The van der Waals surface area contributed by atoms with Crippen molar-refractivity contribution < 1.29 is 23.1 Å². The molecular formula is C14H25NO5S. The predicted molar refractivity (Wildman–Crippen MR) is 79.7 cm³/mol. The summed E-state index contributed by atoms with van der Waals surface area (Å²) < 4.78 is 24.8. The SMILES string of the molecule is CCCC(CCC)S(=O)(=O)C[C@@H](NC(=O)C1CC1)C(=O)O. The van der Waals surface area contributed by atoms with Crippen LogP contribution in [0.5, 0.6) is 0 Å². The van der Waals surface area contributed by atoms with Crippen molar-refractivity contribution in [3.8, 4) is 0 Å². The Kier molecular flexibility index (Phi) is 6.64. The van der Waals surface area contributed by atoms with Crippen molar-refractivity contribution in [1.29, 1.82) is 0 Å². The Balaban J connectivity index is 2.74. The highest BCUT2D eigenvalue weighted by Crippen LogP contribution is 2.29. The normalized spacial score (nSPS) is 16.7. The molecule has 1 saturated carbocycles. The van der Waals surface area contributed by atoms with Gasteiger partial charge in [-0.05, 0) is 25.7 Å². The summed E-state index contributed by atoms with van der Waals surface area (Å²) in [6.07, 6.45) is 4.02. The molecule has 1 aliphatic rings. The molecule has 0 saturated heterocycles. The lowest BCUT2D eigenvalue weighted by Gasteiger charge is -2.20. The van der Waals surface area contributed by atoms with E-state index in [0.29, 0.717) is 12.8 Å².